The van der Waals surface area contributed by atoms with Gasteiger partial charge in [0.15, 0.2) is 6.10 Å². The van der Waals surface area contributed by atoms with Crippen LogP contribution in [0.25, 0.3) is 0 Å². The van der Waals surface area contributed by atoms with Gasteiger partial charge in [-0.25, -0.2) is 4.79 Å². The Bertz CT molecular complexity index is 129. The summed E-state index contributed by atoms with van der Waals surface area (Å²) in [5.74, 6) is 0.0565. The fourth-order valence-electron chi connectivity index (χ4n) is 0.902. The van der Waals surface area contributed by atoms with Gasteiger partial charge in [-0.1, -0.05) is 12.8 Å². The van der Waals surface area contributed by atoms with Crippen LogP contribution in [0.3, 0.4) is 0 Å². The molecule has 1 aliphatic rings. The third-order valence-corrected chi connectivity index (χ3v) is 1.73. The molecule has 10 heavy (non-hydrogen) atoms. The molecule has 0 bridgehead atoms. The molecule has 58 valence electrons. The van der Waals surface area contributed by atoms with E-state index >= 15 is 0 Å². The molecule has 1 aliphatic carbocycles. The second kappa shape index (κ2) is 3.01. The number of ether oxygens (including phenoxy) is 1. The fourth-order valence-corrected chi connectivity index (χ4v) is 0.902. The van der Waals surface area contributed by atoms with Crippen LogP contribution in [0.15, 0.2) is 0 Å². The van der Waals surface area contributed by atoms with Crippen molar-refractivity contribution in [2.45, 2.75) is 25.4 Å². The maximum absolute atomic E-state index is 10.6. The monoisotopic (exact) mass is 144 g/mol. The Kier molecular flexibility index (Phi) is 2.27. The summed E-state index contributed by atoms with van der Waals surface area (Å²) >= 11 is 0. The van der Waals surface area contributed by atoms with Crippen LogP contribution in [0.5, 0.6) is 0 Å². The molecule has 0 spiro atoms. The first-order valence-electron chi connectivity index (χ1n) is 3.50. The van der Waals surface area contributed by atoms with Gasteiger partial charge in [-0.3, -0.25) is 0 Å². The standard InChI is InChI=1S/C7H12O3/c1-10-7(9)6(8)4-5-2-3-5/h5-6,8H,2-4H2,1H3. The SMILES string of the molecule is COC(=O)C(O)CC1CC1. The van der Waals surface area contributed by atoms with Crippen LogP contribution in [-0.2, 0) is 9.53 Å². The van der Waals surface area contributed by atoms with Crippen LogP contribution in [0, 0.1) is 5.92 Å². The predicted octanol–water partition coefficient (Wildman–Crippen LogP) is 0.320. The Morgan fingerprint density at radius 2 is 2.40 bits per heavy atom. The average Bonchev–Trinajstić information content (AvgIpc) is 2.70. The topological polar surface area (TPSA) is 46.5 Å². The summed E-state index contributed by atoms with van der Waals surface area (Å²) in [7, 11) is 1.29. The minimum absolute atomic E-state index is 0.507. The molecule has 0 aliphatic heterocycles. The second-order valence-corrected chi connectivity index (χ2v) is 2.72. The van der Waals surface area contributed by atoms with E-state index in [9.17, 15) is 4.79 Å². The van der Waals surface area contributed by atoms with Gasteiger partial charge < -0.3 is 9.84 Å². The molecule has 0 aromatic rings. The van der Waals surface area contributed by atoms with Crippen molar-refractivity contribution >= 4 is 5.97 Å². The lowest BCUT2D eigenvalue weighted by Crippen LogP contribution is -2.21. The van der Waals surface area contributed by atoms with Crippen LogP contribution in [0.1, 0.15) is 19.3 Å². The highest BCUT2D eigenvalue weighted by Gasteiger charge is 2.28. The van der Waals surface area contributed by atoms with Crippen molar-refractivity contribution < 1.29 is 14.6 Å². The molecule has 1 atom stereocenters. The highest BCUT2D eigenvalue weighted by molar-refractivity contribution is 5.74. The Labute approximate surface area is 60.0 Å². The number of aliphatic hydroxyl groups is 1. The summed E-state index contributed by atoms with van der Waals surface area (Å²) in [6, 6.07) is 0. The van der Waals surface area contributed by atoms with E-state index in [-0.39, 0.29) is 0 Å². The molecule has 0 radical (unpaired) electrons. The Hall–Kier alpha value is -0.570. The number of aliphatic hydroxyl groups excluding tert-OH is 1. The van der Waals surface area contributed by atoms with Crippen LogP contribution < -0.4 is 0 Å². The summed E-state index contributed by atoms with van der Waals surface area (Å²) in [6.45, 7) is 0. The predicted molar refractivity (Wildman–Crippen MR) is 35.4 cm³/mol. The van der Waals surface area contributed by atoms with Gasteiger partial charge in [-0.2, -0.15) is 0 Å². The van der Waals surface area contributed by atoms with Gasteiger partial charge in [0.2, 0.25) is 0 Å². The van der Waals surface area contributed by atoms with Gasteiger partial charge in [-0.15, -0.1) is 0 Å². The minimum atomic E-state index is -0.891. The van der Waals surface area contributed by atoms with E-state index in [0.29, 0.717) is 12.3 Å². The second-order valence-electron chi connectivity index (χ2n) is 2.72. The summed E-state index contributed by atoms with van der Waals surface area (Å²) in [6.07, 6.45) is 1.98. The van der Waals surface area contributed by atoms with E-state index < -0.39 is 12.1 Å². The summed E-state index contributed by atoms with van der Waals surface area (Å²) in [4.78, 5) is 10.6. The lowest BCUT2D eigenvalue weighted by atomic mass is 10.2. The zero-order chi connectivity index (χ0) is 7.56. The molecule has 0 aromatic heterocycles. The molecule has 1 saturated carbocycles. The molecule has 0 aromatic carbocycles. The number of methoxy groups -OCH3 is 1. The van der Waals surface area contributed by atoms with Crippen LogP contribution >= 0.6 is 0 Å². The van der Waals surface area contributed by atoms with E-state index in [1.807, 2.05) is 0 Å². The molecule has 0 amide bonds. The van der Waals surface area contributed by atoms with E-state index in [2.05, 4.69) is 4.74 Å². The largest absolute Gasteiger partial charge is 0.467 e. The molecular formula is C7H12O3. The average molecular weight is 144 g/mol. The minimum Gasteiger partial charge on any atom is -0.467 e. The van der Waals surface area contributed by atoms with Crippen LogP contribution in [-0.4, -0.2) is 24.3 Å². The highest BCUT2D eigenvalue weighted by Crippen LogP contribution is 2.33. The zero-order valence-corrected chi connectivity index (χ0v) is 6.04. The maximum atomic E-state index is 10.6. The van der Waals surface area contributed by atoms with E-state index in [4.69, 9.17) is 5.11 Å². The molecule has 1 unspecified atom stereocenters. The normalized spacial score (nSPS) is 20.2. The highest BCUT2D eigenvalue weighted by atomic mass is 16.5. The molecule has 3 nitrogen and oxygen atoms in total. The van der Waals surface area contributed by atoms with Crippen molar-refractivity contribution in [2.75, 3.05) is 7.11 Å². The summed E-state index contributed by atoms with van der Waals surface area (Å²) in [5.41, 5.74) is 0. The lowest BCUT2D eigenvalue weighted by Gasteiger charge is -2.05. The van der Waals surface area contributed by atoms with Crippen LogP contribution in [0.4, 0.5) is 0 Å². The molecule has 1 fully saturated rings. The number of esters is 1. The quantitative estimate of drug-likeness (QED) is 0.580. The van der Waals surface area contributed by atoms with E-state index in [0.717, 1.165) is 12.8 Å². The van der Waals surface area contributed by atoms with Gasteiger partial charge in [0.25, 0.3) is 0 Å². The van der Waals surface area contributed by atoms with Crippen molar-refractivity contribution in [3.63, 3.8) is 0 Å². The van der Waals surface area contributed by atoms with Crippen molar-refractivity contribution in [1.82, 2.24) is 0 Å². The molecule has 1 N–H and O–H groups in total. The van der Waals surface area contributed by atoms with Gasteiger partial charge in [0.1, 0.15) is 0 Å². The number of rotatable bonds is 3. The molecular weight excluding hydrogens is 132 g/mol. The van der Waals surface area contributed by atoms with Crippen molar-refractivity contribution in [3.05, 3.63) is 0 Å². The first kappa shape index (κ1) is 7.54. The lowest BCUT2D eigenvalue weighted by molar-refractivity contribution is -0.150. The maximum Gasteiger partial charge on any atom is 0.334 e. The third-order valence-electron chi connectivity index (χ3n) is 1.73. The van der Waals surface area contributed by atoms with E-state index in [1.54, 1.807) is 0 Å². The molecule has 0 heterocycles. The number of hydrogen-bond acceptors (Lipinski definition) is 3. The Balaban J connectivity index is 2.18. The number of hydrogen-bond donors (Lipinski definition) is 1. The number of carbonyl (C=O) groups excluding carboxylic acids is 1. The Morgan fingerprint density at radius 1 is 1.80 bits per heavy atom. The van der Waals surface area contributed by atoms with Crippen molar-refractivity contribution in [1.29, 1.82) is 0 Å². The Morgan fingerprint density at radius 3 is 2.80 bits per heavy atom. The van der Waals surface area contributed by atoms with E-state index in [1.165, 1.54) is 7.11 Å². The van der Waals surface area contributed by atoms with Crippen molar-refractivity contribution in [2.24, 2.45) is 5.92 Å². The van der Waals surface area contributed by atoms with Gasteiger partial charge >= 0.3 is 5.97 Å². The molecule has 3 heteroatoms. The fraction of sp³-hybridized carbons (Fsp3) is 0.857. The first-order chi connectivity index (χ1) is 4.74. The third kappa shape index (κ3) is 1.99. The first-order valence-corrected chi connectivity index (χ1v) is 3.50. The van der Waals surface area contributed by atoms with Gasteiger partial charge in [-0.05, 0) is 12.3 Å². The summed E-state index contributed by atoms with van der Waals surface area (Å²) < 4.78 is 4.35. The number of carbonyl (C=O) groups is 1. The zero-order valence-electron chi connectivity index (χ0n) is 6.04. The van der Waals surface area contributed by atoms with Crippen LogP contribution in [0.2, 0.25) is 0 Å². The van der Waals surface area contributed by atoms with Crippen molar-refractivity contribution in [3.8, 4) is 0 Å². The molecule has 0 saturated heterocycles. The smallest absolute Gasteiger partial charge is 0.334 e. The summed E-state index contributed by atoms with van der Waals surface area (Å²) in [5, 5.41) is 9.05. The van der Waals surface area contributed by atoms with Gasteiger partial charge in [0, 0.05) is 0 Å². The van der Waals surface area contributed by atoms with Gasteiger partial charge in [0.05, 0.1) is 7.11 Å². The molecule has 1 rings (SSSR count).